The number of carbonyl (C=O) groups excluding carboxylic acids is 1. The van der Waals surface area contributed by atoms with E-state index in [-0.39, 0.29) is 31.2 Å². The lowest BCUT2D eigenvalue weighted by Gasteiger charge is -2.31. The van der Waals surface area contributed by atoms with Crippen molar-refractivity contribution in [3.05, 3.63) is 0 Å². The first-order valence-corrected chi connectivity index (χ1v) is 5.97. The molecular weight excluding hydrogens is 238 g/mol. The van der Waals surface area contributed by atoms with Gasteiger partial charge in [-0.1, -0.05) is 20.3 Å². The van der Waals surface area contributed by atoms with Crippen molar-refractivity contribution in [2.24, 2.45) is 5.92 Å². The van der Waals surface area contributed by atoms with E-state index >= 15 is 0 Å². The summed E-state index contributed by atoms with van der Waals surface area (Å²) < 4.78 is 0. The number of carboxylic acid groups (broad SMARTS) is 2. The molecule has 6 heteroatoms. The van der Waals surface area contributed by atoms with E-state index in [1.807, 2.05) is 6.92 Å². The molecule has 0 aliphatic carbocycles. The van der Waals surface area contributed by atoms with Gasteiger partial charge in [0.05, 0.1) is 13.0 Å². The minimum absolute atomic E-state index is 0.0331. The van der Waals surface area contributed by atoms with Crippen molar-refractivity contribution in [3.63, 3.8) is 0 Å². The van der Waals surface area contributed by atoms with Gasteiger partial charge in [-0.2, -0.15) is 0 Å². The van der Waals surface area contributed by atoms with Crippen molar-refractivity contribution in [1.82, 2.24) is 4.90 Å². The molecular formula is C12H21NO5. The monoisotopic (exact) mass is 259 g/mol. The maximum Gasteiger partial charge on any atom is 0.321 e. The highest BCUT2D eigenvalue weighted by Gasteiger charge is 2.30. The van der Waals surface area contributed by atoms with E-state index in [1.165, 1.54) is 11.8 Å². The fourth-order valence-corrected chi connectivity index (χ4v) is 1.82. The van der Waals surface area contributed by atoms with E-state index in [0.717, 1.165) is 0 Å². The lowest BCUT2D eigenvalue weighted by molar-refractivity contribution is -0.147. The maximum absolute atomic E-state index is 11.3. The van der Waals surface area contributed by atoms with Gasteiger partial charge in [-0.05, 0) is 12.8 Å². The lowest BCUT2D eigenvalue weighted by atomic mass is 9.97. The summed E-state index contributed by atoms with van der Waals surface area (Å²) >= 11 is 0. The smallest absolute Gasteiger partial charge is 0.321 e. The van der Waals surface area contributed by atoms with Crippen molar-refractivity contribution in [3.8, 4) is 0 Å². The fourth-order valence-electron chi connectivity index (χ4n) is 1.82. The predicted molar refractivity (Wildman–Crippen MR) is 65.4 cm³/mol. The van der Waals surface area contributed by atoms with Crippen LogP contribution in [-0.2, 0) is 14.4 Å². The molecule has 0 aromatic rings. The average Bonchev–Trinajstić information content (AvgIpc) is 2.24. The van der Waals surface area contributed by atoms with Gasteiger partial charge in [-0.3, -0.25) is 19.3 Å². The Morgan fingerprint density at radius 2 is 1.78 bits per heavy atom. The number of rotatable bonds is 9. The van der Waals surface area contributed by atoms with Gasteiger partial charge in [0.1, 0.15) is 11.8 Å². The maximum atomic E-state index is 11.3. The van der Waals surface area contributed by atoms with Gasteiger partial charge in [-0.25, -0.2) is 0 Å². The zero-order chi connectivity index (χ0) is 14.3. The first-order valence-electron chi connectivity index (χ1n) is 5.97. The topological polar surface area (TPSA) is 94.9 Å². The Hall–Kier alpha value is -1.43. The number of nitrogens with zero attached hydrogens (tertiary/aromatic N) is 1. The Morgan fingerprint density at radius 3 is 2.11 bits per heavy atom. The molecule has 0 aromatic heterocycles. The molecule has 0 aliphatic heterocycles. The minimum Gasteiger partial charge on any atom is -0.481 e. The quantitative estimate of drug-likeness (QED) is 0.637. The standard InChI is InChI=1S/C12H21NO5/c1-4-8(2)11(12(17)18)13(7-9(3)14)6-5-10(15)16/h8,11H,4-7H2,1-3H3,(H,15,16)(H,17,18). The van der Waals surface area contributed by atoms with Crippen molar-refractivity contribution in [2.45, 2.75) is 39.7 Å². The van der Waals surface area contributed by atoms with Crippen LogP contribution in [0.4, 0.5) is 0 Å². The number of aliphatic carboxylic acids is 2. The van der Waals surface area contributed by atoms with Gasteiger partial charge in [0.25, 0.3) is 0 Å². The SMILES string of the molecule is CCC(C)C(C(=O)O)N(CCC(=O)O)CC(C)=O. The summed E-state index contributed by atoms with van der Waals surface area (Å²) in [6.07, 6.45) is 0.478. The third kappa shape index (κ3) is 5.77. The Morgan fingerprint density at radius 1 is 1.22 bits per heavy atom. The first-order chi connectivity index (χ1) is 8.29. The molecule has 2 N–H and O–H groups in total. The average molecular weight is 259 g/mol. The van der Waals surface area contributed by atoms with Crippen LogP contribution in [-0.4, -0.2) is 52.0 Å². The van der Waals surface area contributed by atoms with Gasteiger partial charge < -0.3 is 10.2 Å². The minimum atomic E-state index is -1.02. The van der Waals surface area contributed by atoms with Crippen LogP contribution in [0.2, 0.25) is 0 Å². The predicted octanol–water partition coefficient (Wildman–Crippen LogP) is 0.851. The zero-order valence-corrected chi connectivity index (χ0v) is 11.0. The molecule has 104 valence electrons. The molecule has 6 nitrogen and oxygen atoms in total. The summed E-state index contributed by atoms with van der Waals surface area (Å²) in [6, 6.07) is -0.821. The normalized spacial score (nSPS) is 14.2. The second-order valence-electron chi connectivity index (χ2n) is 4.48. The molecule has 2 unspecified atom stereocenters. The number of Topliss-reactive ketones (excluding diaryl/α,β-unsaturated/α-hetero) is 1. The number of ketones is 1. The van der Waals surface area contributed by atoms with Crippen LogP contribution in [0.25, 0.3) is 0 Å². The Labute approximate surface area is 107 Å². The molecule has 0 saturated heterocycles. The summed E-state index contributed by atoms with van der Waals surface area (Å²) in [5, 5.41) is 17.9. The summed E-state index contributed by atoms with van der Waals surface area (Å²) in [6.45, 7) is 5.05. The molecule has 0 spiro atoms. The highest BCUT2D eigenvalue weighted by molar-refractivity contribution is 5.80. The summed E-state index contributed by atoms with van der Waals surface area (Å²) in [7, 11) is 0. The van der Waals surface area contributed by atoms with Gasteiger partial charge in [0.15, 0.2) is 0 Å². The summed E-state index contributed by atoms with van der Waals surface area (Å²) in [5.41, 5.74) is 0. The van der Waals surface area contributed by atoms with Crippen LogP contribution in [0, 0.1) is 5.92 Å². The molecule has 0 fully saturated rings. The third-order valence-corrected chi connectivity index (χ3v) is 2.87. The van der Waals surface area contributed by atoms with E-state index < -0.39 is 18.0 Å². The van der Waals surface area contributed by atoms with E-state index in [2.05, 4.69) is 0 Å². The van der Waals surface area contributed by atoms with Gasteiger partial charge in [0, 0.05) is 6.54 Å². The second kappa shape index (κ2) is 7.81. The Bertz CT molecular complexity index is 316. The first kappa shape index (κ1) is 16.6. The Balaban J connectivity index is 4.90. The third-order valence-electron chi connectivity index (χ3n) is 2.87. The Kier molecular flexibility index (Phi) is 7.19. The van der Waals surface area contributed by atoms with Gasteiger partial charge in [-0.15, -0.1) is 0 Å². The van der Waals surface area contributed by atoms with Crippen LogP contribution in [0.5, 0.6) is 0 Å². The van der Waals surface area contributed by atoms with Crippen molar-refractivity contribution >= 4 is 17.7 Å². The van der Waals surface area contributed by atoms with Crippen molar-refractivity contribution < 1.29 is 24.6 Å². The molecule has 0 amide bonds. The van der Waals surface area contributed by atoms with E-state index in [0.29, 0.717) is 6.42 Å². The number of hydrogen-bond acceptors (Lipinski definition) is 4. The van der Waals surface area contributed by atoms with Crippen LogP contribution in [0.1, 0.15) is 33.6 Å². The van der Waals surface area contributed by atoms with Crippen LogP contribution in [0.15, 0.2) is 0 Å². The largest absolute Gasteiger partial charge is 0.481 e. The number of carbonyl (C=O) groups is 3. The van der Waals surface area contributed by atoms with E-state index in [9.17, 15) is 19.5 Å². The fraction of sp³-hybridized carbons (Fsp3) is 0.750. The van der Waals surface area contributed by atoms with Gasteiger partial charge >= 0.3 is 11.9 Å². The molecule has 0 heterocycles. The zero-order valence-electron chi connectivity index (χ0n) is 11.0. The summed E-state index contributed by atoms with van der Waals surface area (Å²) in [5.74, 6) is -2.33. The van der Waals surface area contributed by atoms with Crippen molar-refractivity contribution in [2.75, 3.05) is 13.1 Å². The molecule has 18 heavy (non-hydrogen) atoms. The summed E-state index contributed by atoms with van der Waals surface area (Å²) in [4.78, 5) is 34.4. The van der Waals surface area contributed by atoms with Gasteiger partial charge in [0.2, 0.25) is 0 Å². The molecule has 0 aliphatic rings. The second-order valence-corrected chi connectivity index (χ2v) is 4.48. The number of carboxylic acids is 2. The molecule has 2 atom stereocenters. The molecule has 0 rings (SSSR count). The van der Waals surface area contributed by atoms with E-state index in [1.54, 1.807) is 6.92 Å². The molecule has 0 aromatic carbocycles. The molecule has 0 saturated carbocycles. The number of hydrogen-bond donors (Lipinski definition) is 2. The highest BCUT2D eigenvalue weighted by atomic mass is 16.4. The molecule has 0 radical (unpaired) electrons. The molecule has 0 bridgehead atoms. The van der Waals surface area contributed by atoms with Crippen LogP contribution >= 0.6 is 0 Å². The van der Waals surface area contributed by atoms with Crippen molar-refractivity contribution in [1.29, 1.82) is 0 Å². The van der Waals surface area contributed by atoms with E-state index in [4.69, 9.17) is 5.11 Å². The lowest BCUT2D eigenvalue weighted by Crippen LogP contribution is -2.48. The van der Waals surface area contributed by atoms with Crippen LogP contribution < -0.4 is 0 Å². The highest BCUT2D eigenvalue weighted by Crippen LogP contribution is 2.15. The van der Waals surface area contributed by atoms with Crippen LogP contribution in [0.3, 0.4) is 0 Å².